The van der Waals surface area contributed by atoms with Gasteiger partial charge in [-0.25, -0.2) is 9.69 Å². The van der Waals surface area contributed by atoms with E-state index in [1.165, 1.54) is 11.3 Å². The number of aryl methyl sites for hydroxylation is 1. The predicted molar refractivity (Wildman–Crippen MR) is 136 cm³/mol. The Morgan fingerprint density at radius 1 is 1.06 bits per heavy atom. The predicted octanol–water partition coefficient (Wildman–Crippen LogP) is 5.47. The van der Waals surface area contributed by atoms with Gasteiger partial charge in [0.2, 0.25) is 0 Å². The van der Waals surface area contributed by atoms with Crippen molar-refractivity contribution in [3.8, 4) is 0 Å². The van der Waals surface area contributed by atoms with Crippen molar-refractivity contribution in [3.05, 3.63) is 64.2 Å². The van der Waals surface area contributed by atoms with Crippen LogP contribution in [0.25, 0.3) is 6.08 Å². The summed E-state index contributed by atoms with van der Waals surface area (Å²) in [5.74, 6) is -0.951. The summed E-state index contributed by atoms with van der Waals surface area (Å²) in [6, 6.07) is 11.1. The Hall–Kier alpha value is -3.41. The van der Waals surface area contributed by atoms with Crippen LogP contribution in [0.1, 0.15) is 69.2 Å². The summed E-state index contributed by atoms with van der Waals surface area (Å²) in [4.78, 5) is 42.1. The van der Waals surface area contributed by atoms with Gasteiger partial charge >= 0.3 is 6.03 Å². The number of imide groups is 2. The second-order valence-corrected chi connectivity index (χ2v) is 10.4. The maximum absolute atomic E-state index is 13.4. The molecule has 1 N–H and O–H groups in total. The number of nitrogens with one attached hydrogen (secondary N) is 1. The Kier molecular flexibility index (Phi) is 5.88. The van der Waals surface area contributed by atoms with Gasteiger partial charge in [0.25, 0.3) is 11.8 Å². The molecule has 2 heterocycles. The van der Waals surface area contributed by atoms with Crippen LogP contribution in [0.4, 0.5) is 16.2 Å². The number of hydrogen-bond donors (Lipinski definition) is 1. The average Bonchev–Trinajstić information content (AvgIpc) is 2.73. The van der Waals surface area contributed by atoms with Gasteiger partial charge in [0.15, 0.2) is 0 Å². The van der Waals surface area contributed by atoms with Crippen LogP contribution in [0, 0.1) is 13.8 Å². The molecule has 1 atom stereocenters. The summed E-state index contributed by atoms with van der Waals surface area (Å²) in [5.41, 5.74) is 5.40. The minimum Gasteiger partial charge on any atom is -0.364 e. The summed E-state index contributed by atoms with van der Waals surface area (Å²) in [5, 5.41) is 2.33. The maximum atomic E-state index is 13.4. The smallest absolute Gasteiger partial charge is 0.335 e. The van der Waals surface area contributed by atoms with Crippen LogP contribution in [0.15, 0.2) is 42.0 Å². The number of hydrogen-bond acceptors (Lipinski definition) is 4. The van der Waals surface area contributed by atoms with Crippen molar-refractivity contribution in [3.63, 3.8) is 0 Å². The molecule has 0 unspecified atom stereocenters. The summed E-state index contributed by atoms with van der Waals surface area (Å²) in [6.45, 7) is 14.9. The van der Waals surface area contributed by atoms with E-state index >= 15 is 0 Å². The third kappa shape index (κ3) is 3.91. The molecular weight excluding hydrogens is 426 g/mol. The molecule has 34 heavy (non-hydrogen) atoms. The zero-order valence-corrected chi connectivity index (χ0v) is 21.0. The van der Waals surface area contributed by atoms with Gasteiger partial charge in [0, 0.05) is 17.3 Å². The number of benzene rings is 2. The molecular formula is C28H33N3O3. The lowest BCUT2D eigenvalue weighted by Crippen LogP contribution is -2.54. The van der Waals surface area contributed by atoms with Crippen LogP contribution in [-0.4, -0.2) is 29.4 Å². The van der Waals surface area contributed by atoms with E-state index in [2.05, 4.69) is 57.0 Å². The monoisotopic (exact) mass is 459 g/mol. The van der Waals surface area contributed by atoms with E-state index < -0.39 is 17.8 Å². The number of amides is 4. The molecule has 1 fully saturated rings. The molecule has 0 saturated carbocycles. The minimum atomic E-state index is -0.727. The number of carbonyl (C=O) groups excluding carboxylic acids is 3. The molecule has 0 radical (unpaired) electrons. The number of rotatable bonds is 3. The van der Waals surface area contributed by atoms with E-state index in [1.54, 1.807) is 18.2 Å². The van der Waals surface area contributed by atoms with Gasteiger partial charge in [-0.15, -0.1) is 0 Å². The fourth-order valence-electron chi connectivity index (χ4n) is 5.56. The fraction of sp³-hybridized carbons (Fsp3) is 0.393. The summed E-state index contributed by atoms with van der Waals surface area (Å²) in [6.07, 6.45) is 2.60. The highest BCUT2D eigenvalue weighted by atomic mass is 16.2. The van der Waals surface area contributed by atoms with Crippen LogP contribution in [0.3, 0.4) is 0 Å². The van der Waals surface area contributed by atoms with Crippen molar-refractivity contribution in [2.24, 2.45) is 0 Å². The Labute approximate surface area is 201 Å². The van der Waals surface area contributed by atoms with Crippen molar-refractivity contribution in [2.45, 2.75) is 72.4 Å². The van der Waals surface area contributed by atoms with Gasteiger partial charge in [-0.3, -0.25) is 14.9 Å². The van der Waals surface area contributed by atoms with Gasteiger partial charge in [0.05, 0.1) is 5.69 Å². The van der Waals surface area contributed by atoms with E-state index in [9.17, 15) is 14.4 Å². The normalized spacial score (nSPS) is 21.2. The van der Waals surface area contributed by atoms with Crippen LogP contribution in [0.5, 0.6) is 0 Å². The van der Waals surface area contributed by atoms with Crippen LogP contribution >= 0.6 is 0 Å². The van der Waals surface area contributed by atoms with Crippen molar-refractivity contribution in [1.82, 2.24) is 5.32 Å². The van der Waals surface area contributed by atoms with Crippen molar-refractivity contribution < 1.29 is 14.4 Å². The quantitative estimate of drug-likeness (QED) is 0.488. The zero-order valence-electron chi connectivity index (χ0n) is 21.0. The van der Waals surface area contributed by atoms with Crippen molar-refractivity contribution in [2.75, 3.05) is 9.80 Å². The highest BCUT2D eigenvalue weighted by Crippen LogP contribution is 2.44. The van der Waals surface area contributed by atoms with Crippen LogP contribution in [-0.2, 0) is 9.59 Å². The number of fused-ring (bicyclic) bond motifs is 1. The summed E-state index contributed by atoms with van der Waals surface area (Å²) < 4.78 is 0. The van der Waals surface area contributed by atoms with Crippen molar-refractivity contribution in [1.29, 1.82) is 0 Å². The topological polar surface area (TPSA) is 69.7 Å². The summed E-state index contributed by atoms with van der Waals surface area (Å²) in [7, 11) is 0. The molecule has 0 spiro atoms. The lowest BCUT2D eigenvalue weighted by atomic mass is 9.78. The first-order valence-electron chi connectivity index (χ1n) is 11.8. The number of barbiturate groups is 1. The Balaban J connectivity index is 1.76. The zero-order chi connectivity index (χ0) is 24.9. The molecule has 6 heteroatoms. The van der Waals surface area contributed by atoms with E-state index in [4.69, 9.17) is 0 Å². The SMILES string of the molecule is Cc1cccc(N2C(=O)NC(=O)/C(=C\c3ccc4c(c3)[C@H](C)CC(C)(C)N4C(C)C)C2=O)c1C. The number of carbonyl (C=O) groups is 3. The van der Waals surface area contributed by atoms with Gasteiger partial charge in [-0.2, -0.15) is 0 Å². The molecule has 2 aromatic carbocycles. The molecule has 2 aliphatic rings. The molecule has 0 aliphatic carbocycles. The molecule has 4 amide bonds. The third-order valence-corrected chi connectivity index (χ3v) is 7.05. The molecule has 2 aromatic rings. The molecule has 6 nitrogen and oxygen atoms in total. The highest BCUT2D eigenvalue weighted by Gasteiger charge is 2.39. The first-order chi connectivity index (χ1) is 15.9. The van der Waals surface area contributed by atoms with Gasteiger partial charge in [-0.05, 0) is 100 Å². The van der Waals surface area contributed by atoms with Crippen molar-refractivity contribution >= 4 is 35.3 Å². The Morgan fingerprint density at radius 2 is 1.76 bits per heavy atom. The lowest BCUT2D eigenvalue weighted by Gasteiger charge is -2.50. The molecule has 2 aliphatic heterocycles. The van der Waals surface area contributed by atoms with Gasteiger partial charge < -0.3 is 4.90 Å². The Morgan fingerprint density at radius 3 is 2.44 bits per heavy atom. The molecule has 1 saturated heterocycles. The Bertz CT molecular complexity index is 1230. The standard InChI is InChI=1S/C28H33N3O3/c1-16(2)31-24-12-11-20(13-21(24)18(4)15-28(31,6)7)14-22-25(32)29-27(34)30(26(22)33)23-10-8-9-17(3)19(23)5/h8-14,16,18H,15H2,1-7H3,(H,29,32,34)/b22-14+/t18-/m1/s1. The minimum absolute atomic E-state index is 0.0341. The first-order valence-corrected chi connectivity index (χ1v) is 11.8. The molecule has 0 aromatic heterocycles. The lowest BCUT2D eigenvalue weighted by molar-refractivity contribution is -0.122. The largest absolute Gasteiger partial charge is 0.364 e. The number of nitrogens with zero attached hydrogens (tertiary/aromatic N) is 2. The molecule has 0 bridgehead atoms. The van der Waals surface area contributed by atoms with Crippen LogP contribution < -0.4 is 15.1 Å². The number of urea groups is 1. The van der Waals surface area contributed by atoms with Crippen LogP contribution in [0.2, 0.25) is 0 Å². The van der Waals surface area contributed by atoms with Gasteiger partial charge in [0.1, 0.15) is 5.57 Å². The molecule has 4 rings (SSSR count). The second kappa shape index (κ2) is 8.42. The average molecular weight is 460 g/mol. The van der Waals surface area contributed by atoms with E-state index in [1.807, 2.05) is 26.0 Å². The first kappa shape index (κ1) is 23.7. The fourth-order valence-corrected chi connectivity index (χ4v) is 5.56. The molecule has 178 valence electrons. The maximum Gasteiger partial charge on any atom is 0.335 e. The van der Waals surface area contributed by atoms with E-state index in [-0.39, 0.29) is 11.1 Å². The highest BCUT2D eigenvalue weighted by molar-refractivity contribution is 6.39. The van der Waals surface area contributed by atoms with E-state index in [0.717, 1.165) is 28.0 Å². The number of anilines is 2. The van der Waals surface area contributed by atoms with E-state index in [0.29, 0.717) is 17.6 Å². The van der Waals surface area contributed by atoms with Gasteiger partial charge in [-0.1, -0.05) is 25.1 Å². The second-order valence-electron chi connectivity index (χ2n) is 10.4. The third-order valence-electron chi connectivity index (χ3n) is 7.05. The summed E-state index contributed by atoms with van der Waals surface area (Å²) >= 11 is 0.